The Bertz CT molecular complexity index is 863. The van der Waals surface area contributed by atoms with Crippen molar-refractivity contribution in [2.45, 2.75) is 51.5 Å². The first kappa shape index (κ1) is 18.7. The Morgan fingerprint density at radius 3 is 2.46 bits per heavy atom. The minimum atomic E-state index is -0.385. The van der Waals surface area contributed by atoms with Gasteiger partial charge in [-0.1, -0.05) is 26.0 Å². The highest BCUT2D eigenvalue weighted by Gasteiger charge is 2.48. The van der Waals surface area contributed by atoms with E-state index in [1.165, 1.54) is 5.56 Å². The van der Waals surface area contributed by atoms with Gasteiger partial charge in [-0.05, 0) is 37.0 Å². The highest BCUT2D eigenvalue weighted by atomic mass is 16.2. The minimum Gasteiger partial charge on any atom is -0.348 e. The van der Waals surface area contributed by atoms with Crippen LogP contribution >= 0.6 is 0 Å². The maximum atomic E-state index is 13.0. The summed E-state index contributed by atoms with van der Waals surface area (Å²) in [6.07, 6.45) is 5.47. The van der Waals surface area contributed by atoms with Gasteiger partial charge in [0.25, 0.3) is 5.91 Å². The summed E-state index contributed by atoms with van der Waals surface area (Å²) in [5, 5.41) is 0. The van der Waals surface area contributed by atoms with Crippen molar-refractivity contribution < 1.29 is 9.59 Å². The van der Waals surface area contributed by atoms with Crippen LogP contribution < -0.4 is 0 Å². The Balaban J connectivity index is 1.55. The smallest absolute Gasteiger partial charge is 0.253 e. The fourth-order valence-corrected chi connectivity index (χ4v) is 4.68. The first-order chi connectivity index (χ1) is 13.6. The Morgan fingerprint density at radius 2 is 1.82 bits per heavy atom. The van der Waals surface area contributed by atoms with Gasteiger partial charge in [0.15, 0.2) is 0 Å². The normalized spacial score (nSPS) is 18.2. The number of aryl methyl sites for hydroxylation is 1. The van der Waals surface area contributed by atoms with Crippen LogP contribution in [0.15, 0.2) is 30.6 Å². The van der Waals surface area contributed by atoms with Crippen molar-refractivity contribution in [3.05, 3.63) is 53.1 Å². The van der Waals surface area contributed by atoms with Crippen LogP contribution in [0.1, 0.15) is 60.4 Å². The van der Waals surface area contributed by atoms with Gasteiger partial charge in [0, 0.05) is 43.7 Å². The number of H-pyrrole nitrogens is 1. The second-order valence-electron chi connectivity index (χ2n) is 7.75. The molecule has 2 aliphatic rings. The molecule has 4 rings (SSSR count). The van der Waals surface area contributed by atoms with Gasteiger partial charge >= 0.3 is 0 Å². The summed E-state index contributed by atoms with van der Waals surface area (Å²) in [4.78, 5) is 37.4. The lowest BCUT2D eigenvalue weighted by molar-refractivity contribution is -0.141. The fraction of sp³-hybridized carbons (Fsp3) is 0.500. The molecule has 3 heterocycles. The van der Waals surface area contributed by atoms with Crippen molar-refractivity contribution in [2.24, 2.45) is 0 Å². The Morgan fingerprint density at radius 1 is 1.11 bits per heavy atom. The molecule has 0 saturated carbocycles. The lowest BCUT2D eigenvalue weighted by Crippen LogP contribution is -2.58. The van der Waals surface area contributed by atoms with Crippen molar-refractivity contribution >= 4 is 11.8 Å². The van der Waals surface area contributed by atoms with Crippen LogP contribution in [-0.2, 0) is 23.2 Å². The average Bonchev–Trinajstić information content (AvgIpc) is 3.24. The number of imidazole rings is 1. The number of amides is 2. The van der Waals surface area contributed by atoms with Gasteiger partial charge in [0.2, 0.25) is 5.91 Å². The molecule has 1 fully saturated rings. The van der Waals surface area contributed by atoms with E-state index in [4.69, 9.17) is 0 Å². The minimum absolute atomic E-state index is 0.0731. The molecule has 148 valence electrons. The number of nitrogens with one attached hydrogen (secondary N) is 1. The van der Waals surface area contributed by atoms with Gasteiger partial charge < -0.3 is 14.8 Å². The first-order valence-corrected chi connectivity index (χ1v) is 10.3. The van der Waals surface area contributed by atoms with E-state index in [-0.39, 0.29) is 17.4 Å². The van der Waals surface area contributed by atoms with E-state index in [0.29, 0.717) is 26.1 Å². The van der Waals surface area contributed by atoms with Crippen LogP contribution in [0.2, 0.25) is 0 Å². The Hall–Kier alpha value is -2.63. The van der Waals surface area contributed by atoms with Gasteiger partial charge in [0.1, 0.15) is 0 Å². The molecule has 0 bridgehead atoms. The zero-order chi connectivity index (χ0) is 19.7. The number of nitrogens with zero attached hydrogens (tertiary/aromatic N) is 3. The van der Waals surface area contributed by atoms with E-state index in [9.17, 15) is 9.59 Å². The number of aromatic nitrogens is 2. The number of fused-ring (bicyclic) bond motifs is 2. The van der Waals surface area contributed by atoms with Crippen molar-refractivity contribution in [3.8, 4) is 0 Å². The SMILES string of the molecule is CCC(=O)N1CCc2[nH]cnc2C12CCN(C(=O)c1ccc(CC)cc1)CC2. The first-order valence-electron chi connectivity index (χ1n) is 10.3. The van der Waals surface area contributed by atoms with E-state index < -0.39 is 0 Å². The van der Waals surface area contributed by atoms with Gasteiger partial charge in [-0.2, -0.15) is 0 Å². The summed E-state index contributed by atoms with van der Waals surface area (Å²) in [5.41, 5.74) is 3.72. The number of hydrogen-bond donors (Lipinski definition) is 1. The monoisotopic (exact) mass is 380 g/mol. The molecule has 2 amide bonds. The quantitative estimate of drug-likeness (QED) is 0.890. The van der Waals surface area contributed by atoms with Crippen LogP contribution in [0.25, 0.3) is 0 Å². The number of piperidine rings is 1. The summed E-state index contributed by atoms with van der Waals surface area (Å²) in [6, 6.07) is 7.89. The zero-order valence-electron chi connectivity index (χ0n) is 16.7. The molecule has 0 radical (unpaired) electrons. The maximum absolute atomic E-state index is 13.0. The molecule has 1 saturated heterocycles. The lowest BCUT2D eigenvalue weighted by atomic mass is 9.78. The molecule has 0 unspecified atom stereocenters. The van der Waals surface area contributed by atoms with E-state index in [1.54, 1.807) is 6.33 Å². The highest BCUT2D eigenvalue weighted by molar-refractivity contribution is 5.94. The van der Waals surface area contributed by atoms with Gasteiger partial charge in [-0.25, -0.2) is 4.98 Å². The van der Waals surface area contributed by atoms with Crippen LogP contribution in [0.5, 0.6) is 0 Å². The van der Waals surface area contributed by atoms with E-state index in [0.717, 1.165) is 42.6 Å². The second kappa shape index (κ2) is 7.41. The highest BCUT2D eigenvalue weighted by Crippen LogP contribution is 2.42. The van der Waals surface area contributed by atoms with Crippen molar-refractivity contribution in [1.29, 1.82) is 0 Å². The number of likely N-dealkylation sites (tertiary alicyclic amines) is 1. The van der Waals surface area contributed by atoms with Gasteiger partial charge in [-0.3, -0.25) is 9.59 Å². The van der Waals surface area contributed by atoms with Crippen LogP contribution in [-0.4, -0.2) is 51.2 Å². The lowest BCUT2D eigenvalue weighted by Gasteiger charge is -2.50. The molecule has 2 aromatic rings. The van der Waals surface area contributed by atoms with Gasteiger partial charge in [0.05, 0.1) is 17.6 Å². The van der Waals surface area contributed by atoms with Gasteiger partial charge in [-0.15, -0.1) is 0 Å². The molecular formula is C22H28N4O2. The molecule has 1 N–H and O–H groups in total. The van der Waals surface area contributed by atoms with E-state index in [2.05, 4.69) is 16.9 Å². The molecule has 1 spiro atoms. The maximum Gasteiger partial charge on any atom is 0.253 e. The standard InChI is InChI=1S/C22H28N4O2/c1-3-16-5-7-17(8-6-16)21(28)25-13-10-22(11-14-25)20-18(23-15-24-20)9-12-26(22)19(27)4-2/h5-8,15H,3-4,9-14H2,1-2H3,(H,23,24). The van der Waals surface area contributed by atoms with Crippen LogP contribution in [0, 0.1) is 0 Å². The molecule has 0 aliphatic carbocycles. The molecule has 6 nitrogen and oxygen atoms in total. The number of hydrogen-bond acceptors (Lipinski definition) is 3. The molecular weight excluding hydrogens is 352 g/mol. The third-order valence-corrected chi connectivity index (χ3v) is 6.35. The molecule has 6 heteroatoms. The zero-order valence-corrected chi connectivity index (χ0v) is 16.7. The molecule has 1 aromatic heterocycles. The second-order valence-corrected chi connectivity index (χ2v) is 7.75. The molecule has 2 aliphatic heterocycles. The number of rotatable bonds is 3. The predicted octanol–water partition coefficient (Wildman–Crippen LogP) is 2.90. The number of aromatic amines is 1. The molecule has 28 heavy (non-hydrogen) atoms. The summed E-state index contributed by atoms with van der Waals surface area (Å²) >= 11 is 0. The van der Waals surface area contributed by atoms with Crippen molar-refractivity contribution in [1.82, 2.24) is 19.8 Å². The number of carbonyl (C=O) groups excluding carboxylic acids is 2. The number of carbonyl (C=O) groups is 2. The fourth-order valence-electron chi connectivity index (χ4n) is 4.68. The predicted molar refractivity (Wildman–Crippen MR) is 107 cm³/mol. The average molecular weight is 380 g/mol. The van der Waals surface area contributed by atoms with E-state index in [1.807, 2.05) is 41.0 Å². The third kappa shape index (κ3) is 3.01. The topological polar surface area (TPSA) is 69.3 Å². The van der Waals surface area contributed by atoms with E-state index >= 15 is 0 Å². The summed E-state index contributed by atoms with van der Waals surface area (Å²) in [5.74, 6) is 0.243. The summed E-state index contributed by atoms with van der Waals surface area (Å²) in [7, 11) is 0. The van der Waals surface area contributed by atoms with Crippen LogP contribution in [0.3, 0.4) is 0 Å². The van der Waals surface area contributed by atoms with Crippen LogP contribution in [0.4, 0.5) is 0 Å². The Labute approximate surface area is 165 Å². The van der Waals surface area contributed by atoms with Crippen molar-refractivity contribution in [3.63, 3.8) is 0 Å². The summed E-state index contributed by atoms with van der Waals surface area (Å²) in [6.45, 7) is 6.00. The summed E-state index contributed by atoms with van der Waals surface area (Å²) < 4.78 is 0. The van der Waals surface area contributed by atoms with Crippen molar-refractivity contribution in [2.75, 3.05) is 19.6 Å². The molecule has 1 aromatic carbocycles. The Kier molecular flexibility index (Phi) is 4.96. The third-order valence-electron chi connectivity index (χ3n) is 6.35. The largest absolute Gasteiger partial charge is 0.348 e. The number of benzene rings is 1. The molecule has 0 atom stereocenters.